The van der Waals surface area contributed by atoms with Crippen molar-refractivity contribution in [1.82, 2.24) is 24.3 Å². The molecule has 4 rings (SSSR count). The minimum Gasteiger partial charge on any atom is -0.305 e. The number of rotatable bonds is 5. The molecular weight excluding hydrogens is 352 g/mol. The van der Waals surface area contributed by atoms with Crippen LogP contribution >= 0.6 is 0 Å². The molecule has 0 atom stereocenters. The highest BCUT2D eigenvalue weighted by atomic mass is 16.1. The second-order valence-corrected chi connectivity index (χ2v) is 6.52. The van der Waals surface area contributed by atoms with E-state index in [1.165, 1.54) is 0 Å². The molecule has 0 aliphatic rings. The van der Waals surface area contributed by atoms with Gasteiger partial charge in [0.05, 0.1) is 12.1 Å². The lowest BCUT2D eigenvalue weighted by Crippen LogP contribution is -2.14. The Kier molecular flexibility index (Phi) is 4.72. The number of hydrogen-bond donors (Lipinski definition) is 1. The van der Waals surface area contributed by atoms with Gasteiger partial charge >= 0.3 is 0 Å². The van der Waals surface area contributed by atoms with E-state index in [9.17, 15) is 4.79 Å². The zero-order valence-corrected chi connectivity index (χ0v) is 15.7. The number of nitrogens with one attached hydrogen (secondary N) is 1. The van der Waals surface area contributed by atoms with Gasteiger partial charge in [0.25, 0.3) is 5.91 Å². The first-order chi connectivity index (χ1) is 13.6. The molecule has 0 saturated carbocycles. The van der Waals surface area contributed by atoms with Gasteiger partial charge < -0.3 is 9.88 Å². The lowest BCUT2D eigenvalue weighted by molar-refractivity contribution is 0.102. The average molecular weight is 372 g/mol. The largest absolute Gasteiger partial charge is 0.305 e. The van der Waals surface area contributed by atoms with Crippen molar-refractivity contribution in [2.24, 2.45) is 0 Å². The highest BCUT2D eigenvalue weighted by Gasteiger charge is 2.18. The number of nitrogens with zero attached hydrogens (tertiary/aromatic N) is 5. The van der Waals surface area contributed by atoms with Gasteiger partial charge in [-0.15, -0.1) is 0 Å². The number of hydrogen-bond acceptors (Lipinski definition) is 4. The van der Waals surface area contributed by atoms with Crippen LogP contribution in [0.4, 0.5) is 5.82 Å². The monoisotopic (exact) mass is 372 g/mol. The normalized spacial score (nSPS) is 10.8. The third-order valence-corrected chi connectivity index (χ3v) is 4.53. The molecule has 7 nitrogen and oxygen atoms in total. The van der Waals surface area contributed by atoms with E-state index in [2.05, 4.69) is 20.4 Å². The van der Waals surface area contributed by atoms with Crippen molar-refractivity contribution in [3.63, 3.8) is 0 Å². The summed E-state index contributed by atoms with van der Waals surface area (Å²) >= 11 is 0. The lowest BCUT2D eigenvalue weighted by atomic mass is 10.2. The number of anilines is 1. The summed E-state index contributed by atoms with van der Waals surface area (Å²) in [6, 6.07) is 13.2. The van der Waals surface area contributed by atoms with Crippen LogP contribution in [0.15, 0.2) is 67.3 Å². The Bertz CT molecular complexity index is 1100. The summed E-state index contributed by atoms with van der Waals surface area (Å²) in [4.78, 5) is 21.2. The number of carbonyl (C=O) groups excluding carboxylic acids is 1. The van der Waals surface area contributed by atoms with Gasteiger partial charge in [-0.2, -0.15) is 5.10 Å². The van der Waals surface area contributed by atoms with Crippen LogP contribution in [0.5, 0.6) is 0 Å². The van der Waals surface area contributed by atoms with Crippen LogP contribution in [0, 0.1) is 13.8 Å². The van der Waals surface area contributed by atoms with Crippen LogP contribution in [0.2, 0.25) is 0 Å². The SMILES string of the molecule is Cc1cc(C(=O)Nc2ccn(Cc3ccncc3)n2)c(C)n1-c1ccccn1. The summed E-state index contributed by atoms with van der Waals surface area (Å²) in [5.74, 6) is 1.12. The average Bonchev–Trinajstić information content (AvgIpc) is 3.26. The van der Waals surface area contributed by atoms with Gasteiger partial charge in [0.15, 0.2) is 5.82 Å². The Morgan fingerprint density at radius 3 is 2.64 bits per heavy atom. The maximum absolute atomic E-state index is 12.8. The minimum atomic E-state index is -0.190. The molecule has 140 valence electrons. The molecule has 1 amide bonds. The molecule has 4 aromatic rings. The highest BCUT2D eigenvalue weighted by molar-refractivity contribution is 6.04. The van der Waals surface area contributed by atoms with Gasteiger partial charge in [-0.1, -0.05) is 6.07 Å². The molecule has 0 aromatic carbocycles. The second kappa shape index (κ2) is 7.48. The standard InChI is InChI=1S/C21H20N6O/c1-15-13-18(16(2)27(15)20-5-3-4-9-23-20)21(28)24-19-8-12-26(25-19)14-17-6-10-22-11-7-17/h3-13H,14H2,1-2H3,(H,24,25,28). The summed E-state index contributed by atoms with van der Waals surface area (Å²) in [6.07, 6.45) is 7.08. The fourth-order valence-corrected chi connectivity index (χ4v) is 3.21. The number of aromatic nitrogens is 5. The molecule has 0 bridgehead atoms. The van der Waals surface area contributed by atoms with E-state index in [-0.39, 0.29) is 5.91 Å². The summed E-state index contributed by atoms with van der Waals surface area (Å²) in [5, 5.41) is 7.31. The molecule has 0 unspecified atom stereocenters. The first kappa shape index (κ1) is 17.7. The Labute approximate surface area is 162 Å². The Morgan fingerprint density at radius 2 is 1.89 bits per heavy atom. The zero-order chi connectivity index (χ0) is 19.5. The van der Waals surface area contributed by atoms with Gasteiger partial charge in [-0.05, 0) is 49.7 Å². The van der Waals surface area contributed by atoms with E-state index in [4.69, 9.17) is 0 Å². The second-order valence-electron chi connectivity index (χ2n) is 6.52. The van der Waals surface area contributed by atoms with Gasteiger partial charge in [0, 0.05) is 42.2 Å². The fraction of sp³-hybridized carbons (Fsp3) is 0.143. The third kappa shape index (κ3) is 3.55. The van der Waals surface area contributed by atoms with Crippen molar-refractivity contribution in [2.45, 2.75) is 20.4 Å². The molecule has 28 heavy (non-hydrogen) atoms. The maximum atomic E-state index is 12.8. The summed E-state index contributed by atoms with van der Waals surface area (Å²) in [7, 11) is 0. The Balaban J connectivity index is 1.52. The molecular formula is C21H20N6O. The van der Waals surface area contributed by atoms with Crippen molar-refractivity contribution in [3.05, 3.63) is 89.8 Å². The van der Waals surface area contributed by atoms with Gasteiger partial charge in [0.1, 0.15) is 5.82 Å². The molecule has 0 spiro atoms. The van der Waals surface area contributed by atoms with Crippen LogP contribution < -0.4 is 5.32 Å². The van der Waals surface area contributed by atoms with Crippen LogP contribution in [0.1, 0.15) is 27.3 Å². The van der Waals surface area contributed by atoms with Gasteiger partial charge in [0.2, 0.25) is 0 Å². The Morgan fingerprint density at radius 1 is 1.07 bits per heavy atom. The number of aryl methyl sites for hydroxylation is 1. The summed E-state index contributed by atoms with van der Waals surface area (Å²) < 4.78 is 3.75. The summed E-state index contributed by atoms with van der Waals surface area (Å²) in [5.41, 5.74) is 3.48. The molecule has 7 heteroatoms. The Hall–Kier alpha value is -3.74. The van der Waals surface area contributed by atoms with Gasteiger partial charge in [-0.3, -0.25) is 14.5 Å². The maximum Gasteiger partial charge on any atom is 0.258 e. The first-order valence-corrected chi connectivity index (χ1v) is 8.96. The topological polar surface area (TPSA) is 77.6 Å². The van der Waals surface area contributed by atoms with E-state index < -0.39 is 0 Å². The van der Waals surface area contributed by atoms with E-state index >= 15 is 0 Å². The molecule has 0 saturated heterocycles. The van der Waals surface area contributed by atoms with Crippen LogP contribution in [-0.2, 0) is 6.54 Å². The highest BCUT2D eigenvalue weighted by Crippen LogP contribution is 2.20. The van der Waals surface area contributed by atoms with Crippen molar-refractivity contribution in [2.75, 3.05) is 5.32 Å². The van der Waals surface area contributed by atoms with E-state index in [0.29, 0.717) is 17.9 Å². The van der Waals surface area contributed by atoms with Crippen molar-refractivity contribution in [1.29, 1.82) is 0 Å². The quantitative estimate of drug-likeness (QED) is 0.583. The third-order valence-electron chi connectivity index (χ3n) is 4.53. The number of carbonyl (C=O) groups is 1. The van der Waals surface area contributed by atoms with Crippen molar-refractivity contribution in [3.8, 4) is 5.82 Å². The minimum absolute atomic E-state index is 0.190. The van der Waals surface area contributed by atoms with Crippen molar-refractivity contribution < 1.29 is 4.79 Å². The van der Waals surface area contributed by atoms with Crippen LogP contribution in [0.3, 0.4) is 0 Å². The predicted molar refractivity (Wildman–Crippen MR) is 107 cm³/mol. The molecule has 0 fully saturated rings. The van der Waals surface area contributed by atoms with Crippen LogP contribution in [-0.4, -0.2) is 30.2 Å². The lowest BCUT2D eigenvalue weighted by Gasteiger charge is -2.08. The fourth-order valence-electron chi connectivity index (χ4n) is 3.21. The first-order valence-electron chi connectivity index (χ1n) is 8.96. The molecule has 0 aliphatic heterocycles. The zero-order valence-electron chi connectivity index (χ0n) is 15.7. The van der Waals surface area contributed by atoms with Gasteiger partial charge in [-0.25, -0.2) is 4.98 Å². The predicted octanol–water partition coefficient (Wildman–Crippen LogP) is 3.38. The molecule has 1 N–H and O–H groups in total. The van der Waals surface area contributed by atoms with E-state index in [1.807, 2.05) is 61.0 Å². The molecule has 4 heterocycles. The van der Waals surface area contributed by atoms with Crippen molar-refractivity contribution >= 4 is 11.7 Å². The molecule has 0 radical (unpaired) electrons. The summed E-state index contributed by atoms with van der Waals surface area (Å²) in [6.45, 7) is 4.49. The number of pyridine rings is 2. The smallest absolute Gasteiger partial charge is 0.258 e. The number of amides is 1. The van der Waals surface area contributed by atoms with E-state index in [1.54, 1.807) is 29.3 Å². The molecule has 0 aliphatic carbocycles. The molecule has 4 aromatic heterocycles. The van der Waals surface area contributed by atoms with E-state index in [0.717, 1.165) is 22.8 Å². The van der Waals surface area contributed by atoms with Crippen LogP contribution in [0.25, 0.3) is 5.82 Å².